The Hall–Kier alpha value is -2.43. The summed E-state index contributed by atoms with van der Waals surface area (Å²) in [5, 5.41) is 12.2. The lowest BCUT2D eigenvalue weighted by Crippen LogP contribution is -2.07. The van der Waals surface area contributed by atoms with E-state index in [1.807, 2.05) is 33.8 Å². The van der Waals surface area contributed by atoms with Crippen molar-refractivity contribution in [2.24, 2.45) is 0 Å². The summed E-state index contributed by atoms with van der Waals surface area (Å²) in [6.45, 7) is 7.97. The molecule has 0 fully saturated rings. The molecule has 0 unspecified atom stereocenters. The molecule has 0 aliphatic heterocycles. The van der Waals surface area contributed by atoms with E-state index in [-0.39, 0.29) is 11.5 Å². The van der Waals surface area contributed by atoms with Gasteiger partial charge in [0.15, 0.2) is 0 Å². The molecule has 1 aromatic heterocycles. The van der Waals surface area contributed by atoms with Crippen molar-refractivity contribution < 1.29 is 9.90 Å². The molecule has 0 bridgehead atoms. The third-order valence-corrected chi connectivity index (χ3v) is 3.30. The number of aryl methyl sites for hydroxylation is 1. The maximum absolute atomic E-state index is 11.0. The van der Waals surface area contributed by atoms with Gasteiger partial charge in [-0.05, 0) is 32.0 Å². The number of carboxylic acid groups (broad SMARTS) is 1. The summed E-state index contributed by atoms with van der Waals surface area (Å²) in [5.41, 5.74) is 2.82. The third kappa shape index (κ3) is 3.37. The molecule has 0 spiro atoms. The molecule has 0 radical (unpaired) electrons. The molecule has 5 nitrogen and oxygen atoms in total. The standard InChI is InChI=1S/C16H19N3O2/c1-9(2)14-17-11(4)10(3)15(19-14)18-13-7-5-6-12(8-13)16(20)21/h5-9H,1-4H3,(H,20,21)(H,17,18,19). The molecule has 0 saturated heterocycles. The van der Waals surface area contributed by atoms with E-state index in [0.29, 0.717) is 11.5 Å². The normalized spacial score (nSPS) is 10.7. The van der Waals surface area contributed by atoms with Gasteiger partial charge in [0.1, 0.15) is 11.6 Å². The number of nitrogens with zero attached hydrogens (tertiary/aromatic N) is 2. The number of aromatic nitrogens is 2. The van der Waals surface area contributed by atoms with Crippen LogP contribution >= 0.6 is 0 Å². The van der Waals surface area contributed by atoms with E-state index in [2.05, 4.69) is 15.3 Å². The lowest BCUT2D eigenvalue weighted by atomic mass is 10.1. The molecule has 0 aliphatic carbocycles. The van der Waals surface area contributed by atoms with Crippen LogP contribution in [-0.4, -0.2) is 21.0 Å². The highest BCUT2D eigenvalue weighted by atomic mass is 16.4. The van der Waals surface area contributed by atoms with Crippen LogP contribution in [0.5, 0.6) is 0 Å². The minimum Gasteiger partial charge on any atom is -0.478 e. The van der Waals surface area contributed by atoms with Crippen molar-refractivity contribution in [2.75, 3.05) is 5.32 Å². The van der Waals surface area contributed by atoms with Gasteiger partial charge in [-0.25, -0.2) is 14.8 Å². The summed E-state index contributed by atoms with van der Waals surface area (Å²) in [6, 6.07) is 6.68. The maximum atomic E-state index is 11.0. The Bertz CT molecular complexity index is 681. The number of hydrogen-bond acceptors (Lipinski definition) is 4. The third-order valence-electron chi connectivity index (χ3n) is 3.30. The van der Waals surface area contributed by atoms with Crippen molar-refractivity contribution in [2.45, 2.75) is 33.6 Å². The van der Waals surface area contributed by atoms with Crippen LogP contribution in [0, 0.1) is 13.8 Å². The van der Waals surface area contributed by atoms with E-state index in [4.69, 9.17) is 5.11 Å². The molecule has 1 heterocycles. The number of rotatable bonds is 4. The zero-order valence-corrected chi connectivity index (χ0v) is 12.6. The first-order valence-corrected chi connectivity index (χ1v) is 6.84. The summed E-state index contributed by atoms with van der Waals surface area (Å²) >= 11 is 0. The zero-order chi connectivity index (χ0) is 15.6. The van der Waals surface area contributed by atoms with Crippen molar-refractivity contribution >= 4 is 17.5 Å². The molecular formula is C16H19N3O2. The molecule has 0 saturated carbocycles. The fraction of sp³-hybridized carbons (Fsp3) is 0.312. The van der Waals surface area contributed by atoms with Crippen LogP contribution in [0.3, 0.4) is 0 Å². The smallest absolute Gasteiger partial charge is 0.335 e. The summed E-state index contributed by atoms with van der Waals surface area (Å²) in [7, 11) is 0. The van der Waals surface area contributed by atoms with E-state index < -0.39 is 5.97 Å². The van der Waals surface area contributed by atoms with Crippen molar-refractivity contribution in [1.29, 1.82) is 0 Å². The second-order valence-corrected chi connectivity index (χ2v) is 5.31. The fourth-order valence-electron chi connectivity index (χ4n) is 1.90. The van der Waals surface area contributed by atoms with Gasteiger partial charge in [0.2, 0.25) is 0 Å². The summed E-state index contributed by atoms with van der Waals surface area (Å²) in [4.78, 5) is 20.0. The predicted octanol–water partition coefficient (Wildman–Crippen LogP) is 3.66. The van der Waals surface area contributed by atoms with Crippen LogP contribution in [-0.2, 0) is 0 Å². The van der Waals surface area contributed by atoms with Gasteiger partial charge in [0.25, 0.3) is 0 Å². The van der Waals surface area contributed by atoms with E-state index in [0.717, 1.165) is 17.1 Å². The van der Waals surface area contributed by atoms with Crippen LogP contribution in [0.15, 0.2) is 24.3 Å². The van der Waals surface area contributed by atoms with Crippen LogP contribution in [0.1, 0.15) is 47.2 Å². The Morgan fingerprint density at radius 1 is 1.24 bits per heavy atom. The molecule has 21 heavy (non-hydrogen) atoms. The lowest BCUT2D eigenvalue weighted by Gasteiger charge is -2.14. The molecule has 0 aliphatic rings. The highest BCUT2D eigenvalue weighted by molar-refractivity contribution is 5.89. The van der Waals surface area contributed by atoms with Crippen molar-refractivity contribution in [3.63, 3.8) is 0 Å². The van der Waals surface area contributed by atoms with E-state index >= 15 is 0 Å². The Balaban J connectivity index is 2.39. The first-order valence-electron chi connectivity index (χ1n) is 6.84. The van der Waals surface area contributed by atoms with Gasteiger partial charge in [0.05, 0.1) is 5.56 Å². The Morgan fingerprint density at radius 3 is 2.57 bits per heavy atom. The Kier molecular flexibility index (Phi) is 4.21. The molecule has 0 atom stereocenters. The van der Waals surface area contributed by atoms with Crippen LogP contribution in [0.2, 0.25) is 0 Å². The number of aromatic carboxylic acids is 1. The summed E-state index contributed by atoms with van der Waals surface area (Å²) < 4.78 is 0. The lowest BCUT2D eigenvalue weighted by molar-refractivity contribution is 0.0697. The van der Waals surface area contributed by atoms with Gasteiger partial charge in [-0.15, -0.1) is 0 Å². The Labute approximate surface area is 124 Å². The average molecular weight is 285 g/mol. The Morgan fingerprint density at radius 2 is 1.95 bits per heavy atom. The molecular weight excluding hydrogens is 266 g/mol. The second-order valence-electron chi connectivity index (χ2n) is 5.31. The molecule has 2 aromatic rings. The first-order chi connectivity index (χ1) is 9.88. The topological polar surface area (TPSA) is 75.1 Å². The average Bonchev–Trinajstić information content (AvgIpc) is 2.43. The van der Waals surface area contributed by atoms with Crippen LogP contribution < -0.4 is 5.32 Å². The molecule has 0 amide bonds. The molecule has 110 valence electrons. The highest BCUT2D eigenvalue weighted by Gasteiger charge is 2.11. The maximum Gasteiger partial charge on any atom is 0.335 e. The number of benzene rings is 1. The quantitative estimate of drug-likeness (QED) is 0.896. The summed E-state index contributed by atoms with van der Waals surface area (Å²) in [6.07, 6.45) is 0. The second kappa shape index (κ2) is 5.91. The number of carboxylic acids is 1. The molecule has 1 aromatic carbocycles. The zero-order valence-electron chi connectivity index (χ0n) is 12.6. The van der Waals surface area contributed by atoms with Crippen molar-refractivity contribution in [1.82, 2.24) is 9.97 Å². The summed E-state index contributed by atoms with van der Waals surface area (Å²) in [5.74, 6) is 0.774. The largest absolute Gasteiger partial charge is 0.478 e. The van der Waals surface area contributed by atoms with Crippen molar-refractivity contribution in [3.8, 4) is 0 Å². The van der Waals surface area contributed by atoms with Gasteiger partial charge in [-0.2, -0.15) is 0 Å². The highest BCUT2D eigenvalue weighted by Crippen LogP contribution is 2.23. The van der Waals surface area contributed by atoms with Gasteiger partial charge in [-0.1, -0.05) is 19.9 Å². The monoisotopic (exact) mass is 285 g/mol. The van der Waals surface area contributed by atoms with Gasteiger partial charge >= 0.3 is 5.97 Å². The van der Waals surface area contributed by atoms with E-state index in [1.165, 1.54) is 0 Å². The molecule has 5 heteroatoms. The fourth-order valence-corrected chi connectivity index (χ4v) is 1.90. The van der Waals surface area contributed by atoms with Crippen LogP contribution in [0.4, 0.5) is 11.5 Å². The minimum absolute atomic E-state index is 0.232. The van der Waals surface area contributed by atoms with Crippen molar-refractivity contribution in [3.05, 3.63) is 46.9 Å². The van der Waals surface area contributed by atoms with Gasteiger partial charge in [0, 0.05) is 22.9 Å². The number of anilines is 2. The number of nitrogens with one attached hydrogen (secondary N) is 1. The molecule has 2 rings (SSSR count). The van der Waals surface area contributed by atoms with Crippen LogP contribution in [0.25, 0.3) is 0 Å². The number of carbonyl (C=O) groups is 1. The molecule has 2 N–H and O–H groups in total. The van der Waals surface area contributed by atoms with Gasteiger partial charge < -0.3 is 10.4 Å². The van der Waals surface area contributed by atoms with E-state index in [9.17, 15) is 4.79 Å². The number of hydrogen-bond donors (Lipinski definition) is 2. The first kappa shape index (κ1) is 15.0. The van der Waals surface area contributed by atoms with Gasteiger partial charge in [-0.3, -0.25) is 0 Å². The van der Waals surface area contributed by atoms with E-state index in [1.54, 1.807) is 18.2 Å². The predicted molar refractivity (Wildman–Crippen MR) is 82.3 cm³/mol. The minimum atomic E-state index is -0.947. The SMILES string of the molecule is Cc1nc(C(C)C)nc(Nc2cccc(C(=O)O)c2)c1C.